The molecule has 1 aromatic carbocycles. The minimum absolute atomic E-state index is 0.0429. The molecule has 0 aliphatic heterocycles. The van der Waals surface area contributed by atoms with Crippen LogP contribution in [0, 0.1) is 23.2 Å². The molecule has 4 nitrogen and oxygen atoms in total. The fraction of sp³-hybridized carbons (Fsp3) is 0.538. The number of rotatable bonds is 9. The lowest BCUT2D eigenvalue weighted by molar-refractivity contribution is -0.160. The van der Waals surface area contributed by atoms with E-state index in [2.05, 4.69) is 6.92 Å². The second kappa shape index (κ2) is 10.1. The Balaban J connectivity index is 1.82. The SMILES string of the molecule is CCCCCC1CCC(C2(C(C(=O)O)C(=O)O)C=CC(c3ccccc3)C=C2)CC1. The van der Waals surface area contributed by atoms with Gasteiger partial charge in [0.25, 0.3) is 0 Å². The van der Waals surface area contributed by atoms with E-state index in [1.165, 1.54) is 25.7 Å². The molecule has 0 heterocycles. The topological polar surface area (TPSA) is 74.6 Å². The molecule has 3 rings (SSSR count). The Kier molecular flexibility index (Phi) is 7.52. The summed E-state index contributed by atoms with van der Waals surface area (Å²) in [5.41, 5.74) is 0.164. The average Bonchev–Trinajstić information content (AvgIpc) is 2.75. The first-order valence-electron chi connectivity index (χ1n) is 11.4. The van der Waals surface area contributed by atoms with Crippen LogP contribution < -0.4 is 0 Å². The molecule has 1 fully saturated rings. The number of benzene rings is 1. The van der Waals surface area contributed by atoms with Gasteiger partial charge in [0.05, 0.1) is 0 Å². The first-order valence-corrected chi connectivity index (χ1v) is 11.4. The zero-order valence-electron chi connectivity index (χ0n) is 17.9. The molecule has 2 aliphatic rings. The summed E-state index contributed by atoms with van der Waals surface area (Å²) in [5, 5.41) is 19.6. The average molecular weight is 411 g/mol. The van der Waals surface area contributed by atoms with Crippen molar-refractivity contribution >= 4 is 11.9 Å². The van der Waals surface area contributed by atoms with Gasteiger partial charge in [-0.2, -0.15) is 0 Å². The molecule has 1 saturated carbocycles. The normalized spacial score (nSPS) is 28.5. The second-order valence-electron chi connectivity index (χ2n) is 8.98. The standard InChI is InChI=1S/C26H34O4/c1-2-3-5-8-19-11-13-22(14-12-19)26(23(24(27)28)25(29)30)17-15-21(16-18-26)20-9-6-4-7-10-20/h4,6-7,9-10,15-19,21-23H,2-3,5,8,11-14H2,1H3,(H,27,28)(H,29,30). The molecule has 0 radical (unpaired) electrons. The molecule has 0 spiro atoms. The number of allylic oxidation sites excluding steroid dienone is 4. The summed E-state index contributed by atoms with van der Waals surface area (Å²) in [5.74, 6) is -3.18. The van der Waals surface area contributed by atoms with E-state index in [0.717, 1.165) is 31.2 Å². The van der Waals surface area contributed by atoms with Crippen LogP contribution in [0.4, 0.5) is 0 Å². The molecule has 0 bridgehead atoms. The van der Waals surface area contributed by atoms with Crippen LogP contribution in [0.25, 0.3) is 0 Å². The lowest BCUT2D eigenvalue weighted by atomic mass is 9.58. The maximum atomic E-state index is 12.0. The number of carboxylic acids is 2. The summed E-state index contributed by atoms with van der Waals surface area (Å²) in [6, 6.07) is 10.0. The van der Waals surface area contributed by atoms with Crippen molar-refractivity contribution in [1.29, 1.82) is 0 Å². The summed E-state index contributed by atoms with van der Waals surface area (Å²) in [7, 11) is 0. The number of aliphatic carboxylic acids is 2. The summed E-state index contributed by atoms with van der Waals surface area (Å²) in [4.78, 5) is 24.1. The lowest BCUT2D eigenvalue weighted by Gasteiger charge is -2.44. The van der Waals surface area contributed by atoms with Gasteiger partial charge < -0.3 is 10.2 Å². The molecular weight excluding hydrogens is 376 g/mol. The molecule has 162 valence electrons. The monoisotopic (exact) mass is 410 g/mol. The van der Waals surface area contributed by atoms with E-state index in [4.69, 9.17) is 0 Å². The van der Waals surface area contributed by atoms with Gasteiger partial charge in [-0.1, -0.05) is 100 Å². The molecule has 1 aromatic rings. The summed E-state index contributed by atoms with van der Waals surface area (Å²) >= 11 is 0. The van der Waals surface area contributed by atoms with Crippen LogP contribution in [0.3, 0.4) is 0 Å². The highest BCUT2D eigenvalue weighted by atomic mass is 16.4. The smallest absolute Gasteiger partial charge is 0.319 e. The Hall–Kier alpha value is -2.36. The maximum absolute atomic E-state index is 12.0. The van der Waals surface area contributed by atoms with Crippen molar-refractivity contribution in [1.82, 2.24) is 0 Å². The zero-order valence-corrected chi connectivity index (χ0v) is 17.9. The van der Waals surface area contributed by atoms with E-state index >= 15 is 0 Å². The Labute approximate surface area is 179 Å². The van der Waals surface area contributed by atoms with Crippen LogP contribution in [0.2, 0.25) is 0 Å². The Morgan fingerprint density at radius 1 is 0.967 bits per heavy atom. The van der Waals surface area contributed by atoms with Crippen molar-refractivity contribution in [3.8, 4) is 0 Å². The van der Waals surface area contributed by atoms with Gasteiger partial charge in [0, 0.05) is 11.3 Å². The lowest BCUT2D eigenvalue weighted by Crippen LogP contribution is -2.45. The van der Waals surface area contributed by atoms with Gasteiger partial charge in [0.15, 0.2) is 5.92 Å². The number of hydrogen-bond acceptors (Lipinski definition) is 2. The van der Waals surface area contributed by atoms with Crippen LogP contribution in [-0.4, -0.2) is 22.2 Å². The third-order valence-corrected chi connectivity index (χ3v) is 7.13. The molecule has 0 aromatic heterocycles. The van der Waals surface area contributed by atoms with Crippen molar-refractivity contribution < 1.29 is 19.8 Å². The summed E-state index contributed by atoms with van der Waals surface area (Å²) in [6.45, 7) is 2.21. The van der Waals surface area contributed by atoms with E-state index in [0.29, 0.717) is 5.92 Å². The Morgan fingerprint density at radius 2 is 1.57 bits per heavy atom. The van der Waals surface area contributed by atoms with Crippen molar-refractivity contribution in [2.75, 3.05) is 0 Å². The fourth-order valence-corrected chi connectivity index (χ4v) is 5.43. The number of hydrogen-bond donors (Lipinski definition) is 2. The van der Waals surface area contributed by atoms with Gasteiger partial charge in [-0.05, 0) is 30.2 Å². The molecular formula is C26H34O4. The highest BCUT2D eigenvalue weighted by molar-refractivity contribution is 5.94. The summed E-state index contributed by atoms with van der Waals surface area (Å²) < 4.78 is 0. The molecule has 0 atom stereocenters. The number of unbranched alkanes of at least 4 members (excludes halogenated alkanes) is 2. The highest BCUT2D eigenvalue weighted by Gasteiger charge is 2.51. The van der Waals surface area contributed by atoms with E-state index in [1.807, 2.05) is 54.6 Å². The minimum Gasteiger partial charge on any atom is -0.481 e. The molecule has 4 heteroatoms. The molecule has 2 aliphatic carbocycles. The van der Waals surface area contributed by atoms with E-state index in [-0.39, 0.29) is 11.8 Å². The van der Waals surface area contributed by atoms with Gasteiger partial charge in [-0.25, -0.2) is 0 Å². The highest BCUT2D eigenvalue weighted by Crippen LogP contribution is 2.50. The van der Waals surface area contributed by atoms with Crippen LogP contribution in [0.15, 0.2) is 54.6 Å². The van der Waals surface area contributed by atoms with Gasteiger partial charge in [0.2, 0.25) is 0 Å². The van der Waals surface area contributed by atoms with Gasteiger partial charge in [0.1, 0.15) is 0 Å². The number of carboxylic acid groups (broad SMARTS) is 2. The zero-order chi connectivity index (χ0) is 21.6. The largest absolute Gasteiger partial charge is 0.481 e. The van der Waals surface area contributed by atoms with E-state index < -0.39 is 23.3 Å². The first-order chi connectivity index (χ1) is 14.5. The Bertz CT molecular complexity index is 743. The molecule has 0 saturated heterocycles. The van der Waals surface area contributed by atoms with Crippen molar-refractivity contribution in [2.24, 2.45) is 23.2 Å². The predicted molar refractivity (Wildman–Crippen MR) is 118 cm³/mol. The van der Waals surface area contributed by atoms with E-state index in [9.17, 15) is 19.8 Å². The molecule has 2 N–H and O–H groups in total. The molecule has 0 unspecified atom stereocenters. The number of carbonyl (C=O) groups is 2. The predicted octanol–water partition coefficient (Wildman–Crippen LogP) is 6.05. The summed E-state index contributed by atoms with van der Waals surface area (Å²) in [6.07, 6.45) is 16.7. The molecule has 30 heavy (non-hydrogen) atoms. The van der Waals surface area contributed by atoms with Crippen LogP contribution in [-0.2, 0) is 9.59 Å². The van der Waals surface area contributed by atoms with E-state index in [1.54, 1.807) is 0 Å². The first kappa shape index (κ1) is 22.3. The third kappa shape index (κ3) is 4.85. The van der Waals surface area contributed by atoms with Crippen molar-refractivity contribution in [2.45, 2.75) is 64.2 Å². The van der Waals surface area contributed by atoms with Gasteiger partial charge in [-0.15, -0.1) is 0 Å². The fourth-order valence-electron chi connectivity index (χ4n) is 5.43. The van der Waals surface area contributed by atoms with Crippen LogP contribution in [0.5, 0.6) is 0 Å². The second-order valence-corrected chi connectivity index (χ2v) is 8.98. The minimum atomic E-state index is -1.46. The van der Waals surface area contributed by atoms with Crippen molar-refractivity contribution in [3.05, 3.63) is 60.2 Å². The quantitative estimate of drug-likeness (QED) is 0.295. The maximum Gasteiger partial charge on any atom is 0.319 e. The van der Waals surface area contributed by atoms with Gasteiger partial charge in [-0.3, -0.25) is 9.59 Å². The van der Waals surface area contributed by atoms with Crippen LogP contribution >= 0.6 is 0 Å². The third-order valence-electron chi connectivity index (χ3n) is 7.13. The van der Waals surface area contributed by atoms with Crippen molar-refractivity contribution in [3.63, 3.8) is 0 Å². The van der Waals surface area contributed by atoms with Crippen LogP contribution in [0.1, 0.15) is 69.8 Å². The Morgan fingerprint density at radius 3 is 2.10 bits per heavy atom. The molecule has 0 amide bonds. The van der Waals surface area contributed by atoms with Gasteiger partial charge >= 0.3 is 11.9 Å².